The highest BCUT2D eigenvalue weighted by Crippen LogP contribution is 2.50. The summed E-state index contributed by atoms with van der Waals surface area (Å²) in [6.45, 7) is 1.21. The minimum Gasteiger partial charge on any atom is -0.480 e. The van der Waals surface area contributed by atoms with E-state index < -0.39 is 41.1 Å². The molecule has 214 valence electrons. The molecule has 0 aromatic heterocycles. The fourth-order valence-electron chi connectivity index (χ4n) is 6.29. The number of benzene rings is 4. The molecule has 42 heavy (non-hydrogen) atoms. The van der Waals surface area contributed by atoms with Gasteiger partial charge in [-0.25, -0.2) is 14.4 Å². The van der Waals surface area contributed by atoms with E-state index in [4.69, 9.17) is 0 Å². The number of hydrogen-bond donors (Lipinski definition) is 3. The number of amides is 2. The van der Waals surface area contributed by atoms with Crippen molar-refractivity contribution in [2.24, 2.45) is 5.92 Å². The molecule has 1 aliphatic heterocycles. The highest BCUT2D eigenvalue weighted by molar-refractivity contribution is 6.00. The lowest BCUT2D eigenvalue weighted by Gasteiger charge is -2.48. The molecule has 0 radical (unpaired) electrons. The van der Waals surface area contributed by atoms with Crippen LogP contribution in [-0.4, -0.2) is 54.7 Å². The van der Waals surface area contributed by atoms with Crippen molar-refractivity contribution < 1.29 is 29.7 Å². The molecule has 8 heteroatoms. The summed E-state index contributed by atoms with van der Waals surface area (Å²) in [6.07, 6.45) is 0. The maximum Gasteiger partial charge on any atom is 0.332 e. The van der Waals surface area contributed by atoms with Crippen molar-refractivity contribution in [3.05, 3.63) is 144 Å². The fraction of sp³-hybridized carbons (Fsp3) is 0.206. The monoisotopic (exact) mass is 564 g/mol. The number of carbonyl (C=O) groups is 3. The van der Waals surface area contributed by atoms with Gasteiger partial charge in [-0.3, -0.25) is 0 Å². The molecular weight excluding hydrogens is 532 g/mol. The smallest absolute Gasteiger partial charge is 0.332 e. The molecule has 0 spiro atoms. The Labute approximate surface area is 244 Å². The molecule has 8 nitrogen and oxygen atoms in total. The van der Waals surface area contributed by atoms with Crippen LogP contribution in [0.5, 0.6) is 0 Å². The molecule has 0 bridgehead atoms. The molecule has 0 saturated carbocycles. The Morgan fingerprint density at radius 2 is 1.14 bits per heavy atom. The second-order valence-corrected chi connectivity index (χ2v) is 10.6. The fourth-order valence-corrected chi connectivity index (χ4v) is 6.29. The van der Waals surface area contributed by atoms with Crippen molar-refractivity contribution >= 4 is 18.0 Å². The zero-order valence-electron chi connectivity index (χ0n) is 23.1. The third-order valence-corrected chi connectivity index (χ3v) is 8.32. The Bertz CT molecular complexity index is 1510. The second-order valence-electron chi connectivity index (χ2n) is 10.6. The van der Waals surface area contributed by atoms with Gasteiger partial charge in [0.05, 0.1) is 0 Å². The van der Waals surface area contributed by atoms with Crippen molar-refractivity contribution in [1.82, 2.24) is 9.80 Å². The average molecular weight is 565 g/mol. The average Bonchev–Trinajstić information content (AvgIpc) is 3.26. The Morgan fingerprint density at radius 1 is 0.738 bits per heavy atom. The van der Waals surface area contributed by atoms with Crippen LogP contribution in [0.3, 0.4) is 0 Å². The molecular formula is C34H32N2O6. The van der Waals surface area contributed by atoms with Gasteiger partial charge in [0, 0.05) is 19.0 Å². The van der Waals surface area contributed by atoms with Crippen molar-refractivity contribution in [3.63, 3.8) is 0 Å². The Morgan fingerprint density at radius 3 is 1.55 bits per heavy atom. The van der Waals surface area contributed by atoms with E-state index in [1.165, 1.54) is 6.92 Å². The number of aliphatic carboxylic acids is 2. The van der Waals surface area contributed by atoms with Crippen LogP contribution < -0.4 is 0 Å². The number of aliphatic hydroxyl groups is 1. The zero-order chi connectivity index (χ0) is 29.9. The lowest BCUT2D eigenvalue weighted by Crippen LogP contribution is -2.68. The number of carboxylic acids is 2. The van der Waals surface area contributed by atoms with Crippen LogP contribution in [-0.2, 0) is 28.3 Å². The second kappa shape index (κ2) is 11.5. The minimum atomic E-state index is -2.39. The van der Waals surface area contributed by atoms with E-state index in [0.717, 1.165) is 9.80 Å². The summed E-state index contributed by atoms with van der Waals surface area (Å²) in [4.78, 5) is 43.5. The first-order chi connectivity index (χ1) is 20.2. The van der Waals surface area contributed by atoms with Gasteiger partial charge in [0.1, 0.15) is 5.60 Å². The van der Waals surface area contributed by atoms with Crippen LogP contribution in [0.2, 0.25) is 0 Å². The van der Waals surface area contributed by atoms with Gasteiger partial charge >= 0.3 is 18.0 Å². The summed E-state index contributed by atoms with van der Waals surface area (Å²) >= 11 is 0. The number of urea groups is 1. The van der Waals surface area contributed by atoms with E-state index in [2.05, 4.69) is 0 Å². The van der Waals surface area contributed by atoms with E-state index in [9.17, 15) is 29.7 Å². The summed E-state index contributed by atoms with van der Waals surface area (Å²) in [5.74, 6) is -4.35. The van der Waals surface area contributed by atoms with E-state index in [1.54, 1.807) is 121 Å². The van der Waals surface area contributed by atoms with Gasteiger partial charge in [-0.1, -0.05) is 128 Å². The van der Waals surface area contributed by atoms with E-state index >= 15 is 0 Å². The first kappa shape index (κ1) is 28.6. The normalized spacial score (nSPS) is 19.5. The minimum absolute atomic E-state index is 0.126. The maximum absolute atomic E-state index is 14.3. The molecule has 4 aromatic carbocycles. The quantitative estimate of drug-likeness (QED) is 0.250. The van der Waals surface area contributed by atoms with E-state index in [0.29, 0.717) is 22.3 Å². The molecule has 1 saturated heterocycles. The SMILES string of the molecule is CC(C(O)(c1ccccc1)c1ccccc1)[C@]1(C(=O)O)[C@@H](C(=O)O)N(Cc2ccccc2)C(=O)N1Cc1ccccc1. The number of carbonyl (C=O) groups excluding carboxylic acids is 1. The third-order valence-electron chi connectivity index (χ3n) is 8.32. The highest BCUT2D eigenvalue weighted by Gasteiger charge is 2.71. The zero-order valence-corrected chi connectivity index (χ0v) is 23.1. The highest BCUT2D eigenvalue weighted by atomic mass is 16.4. The predicted octanol–water partition coefficient (Wildman–Crippen LogP) is 4.97. The van der Waals surface area contributed by atoms with Gasteiger partial charge in [0.2, 0.25) is 0 Å². The topological polar surface area (TPSA) is 118 Å². The first-order valence-electron chi connectivity index (χ1n) is 13.7. The summed E-state index contributed by atoms with van der Waals surface area (Å²) in [6, 6.07) is 32.2. The van der Waals surface area contributed by atoms with Crippen molar-refractivity contribution in [2.45, 2.75) is 37.2 Å². The third kappa shape index (κ3) is 4.69. The molecule has 1 unspecified atom stereocenters. The summed E-state index contributed by atoms with van der Waals surface area (Å²) in [5, 5.41) is 34.6. The van der Waals surface area contributed by atoms with Crippen LogP contribution in [0.25, 0.3) is 0 Å². The van der Waals surface area contributed by atoms with Gasteiger partial charge in [-0.2, -0.15) is 0 Å². The van der Waals surface area contributed by atoms with Gasteiger partial charge in [-0.05, 0) is 22.3 Å². The molecule has 3 atom stereocenters. The van der Waals surface area contributed by atoms with Crippen molar-refractivity contribution in [3.8, 4) is 0 Å². The number of hydrogen-bond acceptors (Lipinski definition) is 4. The lowest BCUT2D eigenvalue weighted by molar-refractivity contribution is -0.170. The maximum atomic E-state index is 14.3. The summed E-state index contributed by atoms with van der Waals surface area (Å²) in [5.41, 5.74) is -2.37. The van der Waals surface area contributed by atoms with Crippen LogP contribution in [0, 0.1) is 5.92 Å². The number of rotatable bonds is 10. The van der Waals surface area contributed by atoms with Gasteiger partial charge in [0.25, 0.3) is 0 Å². The van der Waals surface area contributed by atoms with Crippen molar-refractivity contribution in [1.29, 1.82) is 0 Å². The molecule has 4 aromatic rings. The largest absolute Gasteiger partial charge is 0.480 e. The standard InChI is InChI=1S/C34H32N2O6/c1-24(34(42,27-18-10-4-11-19-27)28-20-12-5-13-21-28)33(31(39)40)29(30(37)38)35(22-25-14-6-2-7-15-25)32(41)36(33)23-26-16-8-3-9-17-26/h2-21,24,29,42H,22-23H2,1H3,(H,37,38)(H,39,40)/t24?,29-,33-/m1/s1. The molecule has 2 amide bonds. The van der Waals surface area contributed by atoms with Gasteiger partial charge < -0.3 is 25.1 Å². The number of nitrogens with zero attached hydrogens (tertiary/aromatic N) is 2. The number of carboxylic acid groups (broad SMARTS) is 2. The van der Waals surface area contributed by atoms with Crippen LogP contribution in [0.4, 0.5) is 4.79 Å². The van der Waals surface area contributed by atoms with Crippen LogP contribution >= 0.6 is 0 Å². The van der Waals surface area contributed by atoms with Gasteiger partial charge in [-0.15, -0.1) is 0 Å². The van der Waals surface area contributed by atoms with E-state index in [1.807, 2.05) is 0 Å². The summed E-state index contributed by atoms with van der Waals surface area (Å²) < 4.78 is 0. The predicted molar refractivity (Wildman–Crippen MR) is 156 cm³/mol. The molecule has 0 aliphatic carbocycles. The lowest BCUT2D eigenvalue weighted by atomic mass is 9.64. The Hall–Kier alpha value is -4.95. The molecule has 1 aliphatic rings. The van der Waals surface area contributed by atoms with Crippen LogP contribution in [0.1, 0.15) is 29.2 Å². The molecule has 1 heterocycles. The first-order valence-corrected chi connectivity index (χ1v) is 13.7. The summed E-state index contributed by atoms with van der Waals surface area (Å²) in [7, 11) is 0. The van der Waals surface area contributed by atoms with E-state index in [-0.39, 0.29) is 13.1 Å². The Kier molecular flexibility index (Phi) is 7.83. The van der Waals surface area contributed by atoms with Crippen LogP contribution in [0.15, 0.2) is 121 Å². The molecule has 5 rings (SSSR count). The molecule has 3 N–H and O–H groups in total. The van der Waals surface area contributed by atoms with Gasteiger partial charge in [0.15, 0.2) is 11.6 Å². The molecule has 1 fully saturated rings. The Balaban J connectivity index is 1.78. The van der Waals surface area contributed by atoms with Crippen molar-refractivity contribution in [2.75, 3.05) is 0 Å².